The Morgan fingerprint density at radius 3 is 2.17 bits per heavy atom. The van der Waals surface area contributed by atoms with E-state index in [1.54, 1.807) is 12.1 Å². The van der Waals surface area contributed by atoms with Crippen molar-refractivity contribution in [1.29, 1.82) is 10.5 Å². The fourth-order valence-electron chi connectivity index (χ4n) is 0.343. The summed E-state index contributed by atoms with van der Waals surface area (Å²) in [4.78, 5) is 10.9. The average molecular weight is 164 g/mol. The van der Waals surface area contributed by atoms with Crippen molar-refractivity contribution in [2.45, 2.75) is 19.4 Å². The molecule has 0 rings (SSSR count). The normalized spacial score (nSPS) is 9.33. The lowest BCUT2D eigenvalue weighted by atomic mass is 10.1. The van der Waals surface area contributed by atoms with Crippen LogP contribution in [-0.4, -0.2) is 11.6 Å². The van der Waals surface area contributed by atoms with E-state index in [4.69, 9.17) is 10.5 Å². The number of nitriles is 2. The zero-order valence-electron chi connectivity index (χ0n) is 6.92. The van der Waals surface area contributed by atoms with Crippen molar-refractivity contribution in [1.82, 2.24) is 0 Å². The van der Waals surface area contributed by atoms with Crippen molar-refractivity contribution in [3.05, 3.63) is 12.2 Å². The van der Waals surface area contributed by atoms with Gasteiger partial charge in [-0.25, -0.2) is 4.79 Å². The average Bonchev–Trinajstić information content (AvgIpc) is 2.04. The highest BCUT2D eigenvalue weighted by Crippen LogP contribution is 2.09. The lowest BCUT2D eigenvalue weighted by molar-refractivity contribution is -0.144. The van der Waals surface area contributed by atoms with Gasteiger partial charge in [0.05, 0.1) is 0 Å². The Bertz CT molecular complexity index is 279. The summed E-state index contributed by atoms with van der Waals surface area (Å²) in [5.41, 5.74) is -1.55. The summed E-state index contributed by atoms with van der Waals surface area (Å²) in [6.07, 6.45) is 0. The van der Waals surface area contributed by atoms with Gasteiger partial charge in [-0.1, -0.05) is 6.58 Å². The summed E-state index contributed by atoms with van der Waals surface area (Å²) < 4.78 is 4.54. The molecule has 0 atom stereocenters. The van der Waals surface area contributed by atoms with Crippen molar-refractivity contribution < 1.29 is 9.53 Å². The maximum absolute atomic E-state index is 10.9. The van der Waals surface area contributed by atoms with Crippen molar-refractivity contribution in [3.8, 4) is 12.1 Å². The zero-order valence-corrected chi connectivity index (χ0v) is 6.92. The Labute approximate surface area is 70.7 Å². The summed E-state index contributed by atoms with van der Waals surface area (Å²) in [6, 6.07) is 3.14. The van der Waals surface area contributed by atoms with E-state index in [-0.39, 0.29) is 5.57 Å². The van der Waals surface area contributed by atoms with Crippen LogP contribution in [0.5, 0.6) is 0 Å². The summed E-state index contributed by atoms with van der Waals surface area (Å²) in [7, 11) is 0. The van der Waals surface area contributed by atoms with Gasteiger partial charge in [0.25, 0.3) is 5.60 Å². The molecular weight excluding hydrogens is 156 g/mol. The monoisotopic (exact) mass is 164 g/mol. The minimum atomic E-state index is -1.71. The van der Waals surface area contributed by atoms with Gasteiger partial charge < -0.3 is 4.74 Å². The Morgan fingerprint density at radius 2 is 1.92 bits per heavy atom. The van der Waals surface area contributed by atoms with Crippen LogP contribution < -0.4 is 0 Å². The summed E-state index contributed by atoms with van der Waals surface area (Å²) in [5.74, 6) is -0.736. The predicted octanol–water partition coefficient (Wildman–Crippen LogP) is 0.912. The van der Waals surface area contributed by atoms with E-state index in [2.05, 4.69) is 11.3 Å². The minimum Gasteiger partial charge on any atom is -0.427 e. The molecule has 0 spiro atoms. The molecule has 62 valence electrons. The third-order valence-electron chi connectivity index (χ3n) is 1.07. The first kappa shape index (κ1) is 10.2. The van der Waals surface area contributed by atoms with Crippen LogP contribution in [0.25, 0.3) is 0 Å². The smallest absolute Gasteiger partial charge is 0.335 e. The number of carbonyl (C=O) groups is 1. The van der Waals surface area contributed by atoms with E-state index >= 15 is 0 Å². The molecule has 0 saturated carbocycles. The Balaban J connectivity index is 4.49. The molecule has 0 heterocycles. The number of rotatable bonds is 2. The Hall–Kier alpha value is -1.81. The standard InChI is InChI=1S/C8H8N2O2/c1-6(2)7(11)12-8(3,4-9)5-10/h1H2,2-3H3. The van der Waals surface area contributed by atoms with Crippen LogP contribution in [0.4, 0.5) is 0 Å². The Kier molecular flexibility index (Phi) is 3.01. The van der Waals surface area contributed by atoms with E-state index in [0.29, 0.717) is 0 Å². The number of ether oxygens (including phenoxy) is 1. The van der Waals surface area contributed by atoms with E-state index in [9.17, 15) is 4.79 Å². The fraction of sp³-hybridized carbons (Fsp3) is 0.375. The molecule has 0 unspecified atom stereocenters. The summed E-state index contributed by atoms with van der Waals surface area (Å²) in [6.45, 7) is 5.97. The first-order chi connectivity index (χ1) is 5.45. The molecule has 0 aromatic rings. The van der Waals surface area contributed by atoms with Gasteiger partial charge in [0, 0.05) is 12.5 Å². The molecule has 0 amide bonds. The molecule has 0 aromatic carbocycles. The predicted molar refractivity (Wildman–Crippen MR) is 40.5 cm³/mol. The maximum Gasteiger partial charge on any atom is 0.335 e. The van der Waals surface area contributed by atoms with Crippen LogP contribution in [0.1, 0.15) is 13.8 Å². The van der Waals surface area contributed by atoms with Gasteiger partial charge in [-0.15, -0.1) is 0 Å². The lowest BCUT2D eigenvalue weighted by Gasteiger charge is -2.12. The molecule has 0 aliphatic carbocycles. The maximum atomic E-state index is 10.9. The van der Waals surface area contributed by atoms with E-state index in [1.165, 1.54) is 13.8 Å². The molecular formula is C8H8N2O2. The largest absolute Gasteiger partial charge is 0.427 e. The molecule has 0 aliphatic heterocycles. The van der Waals surface area contributed by atoms with Gasteiger partial charge in [0.15, 0.2) is 0 Å². The topological polar surface area (TPSA) is 73.9 Å². The number of hydrogen-bond acceptors (Lipinski definition) is 4. The van der Waals surface area contributed by atoms with Crippen molar-refractivity contribution in [2.24, 2.45) is 0 Å². The molecule has 0 saturated heterocycles. The molecule has 0 radical (unpaired) electrons. The van der Waals surface area contributed by atoms with Gasteiger partial charge in [-0.2, -0.15) is 10.5 Å². The number of hydrogen-bond donors (Lipinski definition) is 0. The fourth-order valence-corrected chi connectivity index (χ4v) is 0.343. The van der Waals surface area contributed by atoms with E-state index < -0.39 is 11.6 Å². The van der Waals surface area contributed by atoms with E-state index in [0.717, 1.165) is 0 Å². The van der Waals surface area contributed by atoms with Gasteiger partial charge in [-0.3, -0.25) is 0 Å². The molecule has 0 bridgehead atoms. The SMILES string of the molecule is C=C(C)C(=O)OC(C)(C#N)C#N. The van der Waals surface area contributed by atoms with Crippen LogP contribution in [-0.2, 0) is 9.53 Å². The molecule has 4 nitrogen and oxygen atoms in total. The number of esters is 1. The second-order valence-electron chi connectivity index (χ2n) is 2.43. The number of nitrogens with zero attached hydrogens (tertiary/aromatic N) is 2. The minimum absolute atomic E-state index is 0.159. The van der Waals surface area contributed by atoms with Gasteiger partial charge in [-0.05, 0) is 6.92 Å². The van der Waals surface area contributed by atoms with Crippen LogP contribution in [0, 0.1) is 22.7 Å². The molecule has 4 heteroatoms. The third kappa shape index (κ3) is 2.43. The van der Waals surface area contributed by atoms with Crippen molar-refractivity contribution >= 4 is 5.97 Å². The highest BCUT2D eigenvalue weighted by Gasteiger charge is 2.28. The van der Waals surface area contributed by atoms with Gasteiger partial charge >= 0.3 is 5.97 Å². The van der Waals surface area contributed by atoms with Gasteiger partial charge in [0.2, 0.25) is 0 Å². The van der Waals surface area contributed by atoms with Crippen LogP contribution >= 0.6 is 0 Å². The second-order valence-corrected chi connectivity index (χ2v) is 2.43. The molecule has 0 fully saturated rings. The Morgan fingerprint density at radius 1 is 1.50 bits per heavy atom. The van der Waals surface area contributed by atoms with E-state index in [1.807, 2.05) is 0 Å². The lowest BCUT2D eigenvalue weighted by Crippen LogP contribution is -2.28. The van der Waals surface area contributed by atoms with Crippen LogP contribution in [0.15, 0.2) is 12.2 Å². The summed E-state index contributed by atoms with van der Waals surface area (Å²) in [5, 5.41) is 16.9. The molecule has 0 aromatic heterocycles. The van der Waals surface area contributed by atoms with Crippen LogP contribution in [0.3, 0.4) is 0 Å². The highest BCUT2D eigenvalue weighted by atomic mass is 16.6. The molecule has 12 heavy (non-hydrogen) atoms. The highest BCUT2D eigenvalue weighted by molar-refractivity contribution is 5.87. The zero-order chi connectivity index (χ0) is 9.78. The van der Waals surface area contributed by atoms with Gasteiger partial charge in [0.1, 0.15) is 12.1 Å². The molecule has 0 N–H and O–H groups in total. The first-order valence-electron chi connectivity index (χ1n) is 3.16. The number of carbonyl (C=O) groups excluding carboxylic acids is 1. The van der Waals surface area contributed by atoms with Crippen molar-refractivity contribution in [3.63, 3.8) is 0 Å². The second kappa shape index (κ2) is 3.54. The molecule has 0 aliphatic rings. The first-order valence-corrected chi connectivity index (χ1v) is 3.16. The summed E-state index contributed by atoms with van der Waals surface area (Å²) >= 11 is 0. The van der Waals surface area contributed by atoms with Crippen LogP contribution in [0.2, 0.25) is 0 Å². The third-order valence-corrected chi connectivity index (χ3v) is 1.07. The van der Waals surface area contributed by atoms with Crippen molar-refractivity contribution in [2.75, 3.05) is 0 Å². The quantitative estimate of drug-likeness (QED) is 0.449.